The molecule has 1 aliphatic heterocycles. The van der Waals surface area contributed by atoms with Gasteiger partial charge in [-0.15, -0.1) is 0 Å². The number of aliphatic carboxylic acids is 1. The summed E-state index contributed by atoms with van der Waals surface area (Å²) >= 11 is 0. The third-order valence-electron chi connectivity index (χ3n) is 3.35. The van der Waals surface area contributed by atoms with Gasteiger partial charge in [-0.1, -0.05) is 6.92 Å². The molecule has 0 radical (unpaired) electrons. The number of carbonyl (C=O) groups excluding carboxylic acids is 2. The number of hydrogen-bond acceptors (Lipinski definition) is 4. The van der Waals surface area contributed by atoms with Gasteiger partial charge in [-0.3, -0.25) is 9.59 Å². The number of carbonyl (C=O) groups is 3. The molecule has 0 aromatic heterocycles. The molecule has 7 heteroatoms. The third-order valence-corrected chi connectivity index (χ3v) is 3.35. The first-order valence-corrected chi connectivity index (χ1v) is 6.46. The van der Waals surface area contributed by atoms with Crippen molar-refractivity contribution in [2.75, 3.05) is 6.54 Å². The van der Waals surface area contributed by atoms with Crippen LogP contribution in [0.2, 0.25) is 0 Å². The van der Waals surface area contributed by atoms with Gasteiger partial charge in [-0.2, -0.15) is 0 Å². The van der Waals surface area contributed by atoms with Crippen molar-refractivity contribution < 1.29 is 19.5 Å². The molecule has 3 unspecified atom stereocenters. The zero-order valence-electron chi connectivity index (χ0n) is 11.0. The van der Waals surface area contributed by atoms with Gasteiger partial charge >= 0.3 is 5.97 Å². The highest BCUT2D eigenvalue weighted by molar-refractivity contribution is 5.87. The summed E-state index contributed by atoms with van der Waals surface area (Å²) < 4.78 is 0. The predicted octanol–water partition coefficient (Wildman–Crippen LogP) is -0.791. The van der Waals surface area contributed by atoms with Gasteiger partial charge in [0.05, 0.1) is 6.04 Å². The van der Waals surface area contributed by atoms with Crippen molar-refractivity contribution in [1.82, 2.24) is 10.6 Å². The maximum absolute atomic E-state index is 12.0. The van der Waals surface area contributed by atoms with Gasteiger partial charge in [0.1, 0.15) is 6.04 Å². The summed E-state index contributed by atoms with van der Waals surface area (Å²) in [4.78, 5) is 33.7. The van der Waals surface area contributed by atoms with Crippen LogP contribution in [0, 0.1) is 5.92 Å². The second-order valence-corrected chi connectivity index (χ2v) is 4.96. The van der Waals surface area contributed by atoms with Crippen LogP contribution in [0.1, 0.15) is 32.6 Å². The van der Waals surface area contributed by atoms with E-state index in [4.69, 9.17) is 10.8 Å². The summed E-state index contributed by atoms with van der Waals surface area (Å²) in [6, 6.07) is -1.44. The first-order valence-electron chi connectivity index (χ1n) is 6.46. The minimum Gasteiger partial charge on any atom is -0.480 e. The number of nitrogens with two attached hydrogens (primary N) is 1. The van der Waals surface area contributed by atoms with Gasteiger partial charge in [0.25, 0.3) is 0 Å². The number of amides is 2. The third kappa shape index (κ3) is 4.86. The minimum atomic E-state index is -1.15. The lowest BCUT2D eigenvalue weighted by molar-refractivity contribution is -0.142. The molecular weight excluding hydrogens is 250 g/mol. The van der Waals surface area contributed by atoms with Crippen molar-refractivity contribution in [3.05, 3.63) is 0 Å². The number of piperidine rings is 1. The molecule has 0 aliphatic carbocycles. The summed E-state index contributed by atoms with van der Waals surface area (Å²) in [6.45, 7) is 2.71. The van der Waals surface area contributed by atoms with Gasteiger partial charge in [0.2, 0.25) is 11.8 Å². The molecule has 2 amide bonds. The number of rotatable bonds is 6. The second-order valence-electron chi connectivity index (χ2n) is 4.96. The molecule has 19 heavy (non-hydrogen) atoms. The first-order chi connectivity index (χ1) is 8.91. The summed E-state index contributed by atoms with van der Waals surface area (Å²) in [5, 5.41) is 14.6. The van der Waals surface area contributed by atoms with Crippen LogP contribution >= 0.6 is 0 Å². The van der Waals surface area contributed by atoms with E-state index in [2.05, 4.69) is 10.6 Å². The average Bonchev–Trinajstić information content (AvgIpc) is 2.34. The summed E-state index contributed by atoms with van der Waals surface area (Å²) in [7, 11) is 0. The van der Waals surface area contributed by atoms with Gasteiger partial charge in [-0.05, 0) is 31.7 Å². The highest BCUT2D eigenvalue weighted by Crippen LogP contribution is 2.15. The number of carboxylic acid groups (broad SMARTS) is 1. The Morgan fingerprint density at radius 2 is 2.16 bits per heavy atom. The SMILES string of the molecule is CC1CCCNC1C(=O)NC(CCC(N)=O)C(=O)O. The summed E-state index contributed by atoms with van der Waals surface area (Å²) in [5.74, 6) is -1.90. The summed E-state index contributed by atoms with van der Waals surface area (Å²) in [5.41, 5.74) is 4.98. The van der Waals surface area contributed by atoms with Crippen LogP contribution in [0.5, 0.6) is 0 Å². The van der Waals surface area contributed by atoms with Crippen LogP contribution in [-0.4, -0.2) is 41.5 Å². The van der Waals surface area contributed by atoms with Gasteiger partial charge in [-0.25, -0.2) is 4.79 Å². The molecule has 1 aliphatic rings. The minimum absolute atomic E-state index is 0.0114. The molecule has 1 heterocycles. The lowest BCUT2D eigenvalue weighted by Gasteiger charge is -2.30. The van der Waals surface area contributed by atoms with Crippen molar-refractivity contribution in [2.24, 2.45) is 11.7 Å². The molecule has 3 atom stereocenters. The van der Waals surface area contributed by atoms with Crippen LogP contribution in [0.25, 0.3) is 0 Å². The number of primary amides is 1. The lowest BCUT2D eigenvalue weighted by atomic mass is 9.92. The summed E-state index contributed by atoms with van der Waals surface area (Å²) in [6.07, 6.45) is 1.89. The van der Waals surface area contributed by atoms with Crippen molar-refractivity contribution in [3.8, 4) is 0 Å². The van der Waals surface area contributed by atoms with Crippen LogP contribution < -0.4 is 16.4 Å². The molecule has 0 bridgehead atoms. The van der Waals surface area contributed by atoms with Crippen LogP contribution in [-0.2, 0) is 14.4 Å². The number of nitrogens with one attached hydrogen (secondary N) is 2. The normalized spacial score (nSPS) is 24.5. The van der Waals surface area contributed by atoms with E-state index in [0.29, 0.717) is 0 Å². The molecule has 0 aromatic rings. The van der Waals surface area contributed by atoms with Crippen LogP contribution in [0.3, 0.4) is 0 Å². The Kier molecular flexibility index (Phi) is 5.75. The fourth-order valence-corrected chi connectivity index (χ4v) is 2.21. The Balaban J connectivity index is 2.55. The Morgan fingerprint density at radius 1 is 1.47 bits per heavy atom. The highest BCUT2D eigenvalue weighted by Gasteiger charge is 2.30. The van der Waals surface area contributed by atoms with Crippen molar-refractivity contribution >= 4 is 17.8 Å². The molecule has 0 saturated carbocycles. The van der Waals surface area contributed by atoms with Crippen molar-refractivity contribution in [3.63, 3.8) is 0 Å². The quantitative estimate of drug-likeness (QED) is 0.504. The maximum Gasteiger partial charge on any atom is 0.326 e. The van der Waals surface area contributed by atoms with E-state index < -0.39 is 17.9 Å². The molecule has 1 saturated heterocycles. The Labute approximate surface area is 111 Å². The molecule has 7 nitrogen and oxygen atoms in total. The number of carboxylic acids is 1. The topological polar surface area (TPSA) is 122 Å². The molecule has 1 fully saturated rings. The average molecular weight is 271 g/mol. The molecule has 0 aromatic carbocycles. The van der Waals surface area contributed by atoms with Gasteiger partial charge < -0.3 is 21.5 Å². The molecule has 5 N–H and O–H groups in total. The molecule has 1 rings (SSSR count). The Hall–Kier alpha value is -1.63. The largest absolute Gasteiger partial charge is 0.480 e. The fourth-order valence-electron chi connectivity index (χ4n) is 2.21. The van der Waals surface area contributed by atoms with Gasteiger partial charge in [0.15, 0.2) is 0 Å². The predicted molar refractivity (Wildman–Crippen MR) is 68.2 cm³/mol. The monoisotopic (exact) mass is 271 g/mol. The first kappa shape index (κ1) is 15.4. The molecular formula is C12H21N3O4. The van der Waals surface area contributed by atoms with Crippen molar-refractivity contribution in [2.45, 2.75) is 44.7 Å². The number of hydrogen-bond donors (Lipinski definition) is 4. The van der Waals surface area contributed by atoms with E-state index >= 15 is 0 Å². The van der Waals surface area contributed by atoms with E-state index in [1.54, 1.807) is 0 Å². The van der Waals surface area contributed by atoms with E-state index in [-0.39, 0.29) is 30.7 Å². The smallest absolute Gasteiger partial charge is 0.326 e. The molecule has 108 valence electrons. The maximum atomic E-state index is 12.0. The molecule has 0 spiro atoms. The highest BCUT2D eigenvalue weighted by atomic mass is 16.4. The van der Waals surface area contributed by atoms with Gasteiger partial charge in [0, 0.05) is 6.42 Å². The Morgan fingerprint density at radius 3 is 2.68 bits per heavy atom. The standard InChI is InChI=1S/C12H21N3O4/c1-7-3-2-6-14-10(7)11(17)15-8(12(18)19)4-5-9(13)16/h7-8,10,14H,2-6H2,1H3,(H2,13,16)(H,15,17)(H,18,19). The Bertz CT molecular complexity index is 359. The van der Waals surface area contributed by atoms with Crippen LogP contribution in [0.15, 0.2) is 0 Å². The van der Waals surface area contributed by atoms with E-state index in [0.717, 1.165) is 19.4 Å². The second kappa shape index (κ2) is 7.08. The fraction of sp³-hybridized carbons (Fsp3) is 0.750. The van der Waals surface area contributed by atoms with E-state index in [1.165, 1.54) is 0 Å². The lowest BCUT2D eigenvalue weighted by Crippen LogP contribution is -2.54. The zero-order valence-corrected chi connectivity index (χ0v) is 11.0. The van der Waals surface area contributed by atoms with Crippen molar-refractivity contribution in [1.29, 1.82) is 0 Å². The van der Waals surface area contributed by atoms with Crippen LogP contribution in [0.4, 0.5) is 0 Å². The van der Waals surface area contributed by atoms with E-state index in [9.17, 15) is 14.4 Å². The zero-order chi connectivity index (χ0) is 14.4. The van der Waals surface area contributed by atoms with E-state index in [1.807, 2.05) is 6.92 Å².